The molecule has 0 unspecified atom stereocenters. The molecule has 4 aromatic rings. The number of aryl methyl sites for hydroxylation is 2. The SMILES string of the molecule is CCc1nnc(-n2c(C)cc3c(COC)cccc32)nc1NCc1cccc(F)c1. The van der Waals surface area contributed by atoms with Crippen molar-refractivity contribution in [1.29, 1.82) is 0 Å². The lowest BCUT2D eigenvalue weighted by molar-refractivity contribution is 0.186. The highest BCUT2D eigenvalue weighted by Gasteiger charge is 2.15. The summed E-state index contributed by atoms with van der Waals surface area (Å²) in [6, 6.07) is 14.7. The highest BCUT2D eigenvalue weighted by atomic mass is 19.1. The summed E-state index contributed by atoms with van der Waals surface area (Å²) in [5, 5.41) is 13.2. The van der Waals surface area contributed by atoms with Crippen LogP contribution < -0.4 is 5.32 Å². The van der Waals surface area contributed by atoms with Gasteiger partial charge in [-0.05, 0) is 48.7 Å². The normalized spacial score (nSPS) is 11.2. The van der Waals surface area contributed by atoms with E-state index in [-0.39, 0.29) is 5.82 Å². The average molecular weight is 405 g/mol. The summed E-state index contributed by atoms with van der Waals surface area (Å²) in [5.41, 5.74) is 4.73. The lowest BCUT2D eigenvalue weighted by atomic mass is 10.1. The fraction of sp³-hybridized carbons (Fsp3) is 0.261. The van der Waals surface area contributed by atoms with Gasteiger partial charge in [-0.2, -0.15) is 4.98 Å². The highest BCUT2D eigenvalue weighted by Crippen LogP contribution is 2.26. The zero-order valence-corrected chi connectivity index (χ0v) is 17.3. The molecule has 0 spiro atoms. The summed E-state index contributed by atoms with van der Waals surface area (Å²) in [4.78, 5) is 4.76. The lowest BCUT2D eigenvalue weighted by Crippen LogP contribution is -2.12. The minimum Gasteiger partial charge on any atom is -0.380 e. The van der Waals surface area contributed by atoms with Crippen molar-refractivity contribution >= 4 is 16.7 Å². The molecule has 1 N–H and O–H groups in total. The number of benzene rings is 2. The van der Waals surface area contributed by atoms with Crippen molar-refractivity contribution in [3.63, 3.8) is 0 Å². The Kier molecular flexibility index (Phi) is 5.72. The van der Waals surface area contributed by atoms with E-state index in [4.69, 9.17) is 9.72 Å². The number of hydrogen-bond acceptors (Lipinski definition) is 5. The first-order valence-electron chi connectivity index (χ1n) is 9.92. The van der Waals surface area contributed by atoms with E-state index < -0.39 is 0 Å². The molecule has 0 aliphatic rings. The van der Waals surface area contributed by atoms with Gasteiger partial charge in [0.2, 0.25) is 0 Å². The van der Waals surface area contributed by atoms with Crippen molar-refractivity contribution in [2.24, 2.45) is 0 Å². The Bertz CT molecular complexity index is 1190. The lowest BCUT2D eigenvalue weighted by Gasteiger charge is -2.12. The minimum absolute atomic E-state index is 0.257. The van der Waals surface area contributed by atoms with Gasteiger partial charge in [-0.3, -0.25) is 4.57 Å². The second-order valence-electron chi connectivity index (χ2n) is 7.15. The molecule has 2 aromatic heterocycles. The van der Waals surface area contributed by atoms with Crippen LogP contribution in [0.5, 0.6) is 0 Å². The average Bonchev–Trinajstić information content (AvgIpc) is 3.09. The van der Waals surface area contributed by atoms with Crippen LogP contribution in [-0.4, -0.2) is 26.9 Å². The third kappa shape index (κ3) is 3.89. The number of nitrogens with zero attached hydrogens (tertiary/aromatic N) is 4. The molecule has 2 heterocycles. The highest BCUT2D eigenvalue weighted by molar-refractivity contribution is 5.86. The molecule has 0 saturated heterocycles. The van der Waals surface area contributed by atoms with Crippen LogP contribution in [0, 0.1) is 12.7 Å². The zero-order chi connectivity index (χ0) is 21.1. The van der Waals surface area contributed by atoms with E-state index in [0.29, 0.717) is 31.3 Å². The standard InChI is InChI=1S/C23H24FN5O/c1-4-20-22(25-13-16-7-5-9-18(24)12-16)26-23(28-27-20)29-15(2)11-19-17(14-30-3)8-6-10-21(19)29/h5-12H,4,13-14H2,1-3H3,(H,25,26,28). The Morgan fingerprint density at radius 2 is 1.93 bits per heavy atom. The first kappa shape index (κ1) is 20.0. The van der Waals surface area contributed by atoms with Crippen LogP contribution in [0.1, 0.15) is 29.4 Å². The van der Waals surface area contributed by atoms with Crippen LogP contribution in [-0.2, 0) is 24.3 Å². The van der Waals surface area contributed by atoms with Crippen molar-refractivity contribution in [2.75, 3.05) is 12.4 Å². The van der Waals surface area contributed by atoms with E-state index in [1.165, 1.54) is 12.1 Å². The molecule has 154 valence electrons. The molecule has 0 saturated carbocycles. The topological polar surface area (TPSA) is 64.9 Å². The van der Waals surface area contributed by atoms with Crippen LogP contribution in [0.3, 0.4) is 0 Å². The Morgan fingerprint density at radius 1 is 1.10 bits per heavy atom. The number of nitrogens with one attached hydrogen (secondary N) is 1. The molecular formula is C23H24FN5O. The van der Waals surface area contributed by atoms with Crippen molar-refractivity contribution < 1.29 is 9.13 Å². The largest absolute Gasteiger partial charge is 0.380 e. The van der Waals surface area contributed by atoms with E-state index in [9.17, 15) is 4.39 Å². The quantitative estimate of drug-likeness (QED) is 0.487. The van der Waals surface area contributed by atoms with Crippen LogP contribution in [0.25, 0.3) is 16.9 Å². The number of rotatable bonds is 7. The number of aromatic nitrogens is 4. The maximum atomic E-state index is 13.5. The van der Waals surface area contributed by atoms with Gasteiger partial charge in [-0.25, -0.2) is 4.39 Å². The molecule has 0 atom stereocenters. The third-order valence-corrected chi connectivity index (χ3v) is 5.05. The molecular weight excluding hydrogens is 381 g/mol. The van der Waals surface area contributed by atoms with Crippen molar-refractivity contribution in [3.05, 3.63) is 76.9 Å². The summed E-state index contributed by atoms with van der Waals surface area (Å²) in [6.45, 7) is 5.01. The van der Waals surface area contributed by atoms with Crippen LogP contribution in [0.15, 0.2) is 48.5 Å². The number of methoxy groups -OCH3 is 1. The van der Waals surface area contributed by atoms with Gasteiger partial charge in [0, 0.05) is 24.7 Å². The summed E-state index contributed by atoms with van der Waals surface area (Å²) in [7, 11) is 1.69. The molecule has 0 aliphatic carbocycles. The summed E-state index contributed by atoms with van der Waals surface area (Å²) in [6.07, 6.45) is 0.690. The Labute approximate surface area is 174 Å². The molecule has 7 heteroatoms. The molecule has 0 bridgehead atoms. The number of hydrogen-bond donors (Lipinski definition) is 1. The van der Waals surface area contributed by atoms with Gasteiger partial charge < -0.3 is 10.1 Å². The molecule has 0 radical (unpaired) electrons. The smallest absolute Gasteiger partial charge is 0.256 e. The van der Waals surface area contributed by atoms with Crippen molar-refractivity contribution in [1.82, 2.24) is 19.7 Å². The number of anilines is 1. The summed E-state index contributed by atoms with van der Waals surface area (Å²) >= 11 is 0. The first-order valence-corrected chi connectivity index (χ1v) is 9.92. The number of fused-ring (bicyclic) bond motifs is 1. The van der Waals surface area contributed by atoms with Gasteiger partial charge in [0.1, 0.15) is 11.5 Å². The monoisotopic (exact) mass is 405 g/mol. The fourth-order valence-corrected chi connectivity index (χ4v) is 3.62. The van der Waals surface area contributed by atoms with Crippen molar-refractivity contribution in [3.8, 4) is 5.95 Å². The van der Waals surface area contributed by atoms with Crippen LogP contribution in [0.2, 0.25) is 0 Å². The van der Waals surface area contributed by atoms with Gasteiger partial charge >= 0.3 is 0 Å². The molecule has 0 fully saturated rings. The first-order chi connectivity index (χ1) is 14.6. The molecule has 2 aromatic carbocycles. The second kappa shape index (κ2) is 8.59. The van der Waals surface area contributed by atoms with Gasteiger partial charge in [-0.15, -0.1) is 10.2 Å². The summed E-state index contributed by atoms with van der Waals surface area (Å²) < 4.78 is 20.8. The van der Waals surface area contributed by atoms with Gasteiger partial charge in [0.25, 0.3) is 5.95 Å². The second-order valence-corrected chi connectivity index (χ2v) is 7.15. The Hall–Kier alpha value is -3.32. The third-order valence-electron chi connectivity index (χ3n) is 5.05. The van der Waals surface area contributed by atoms with E-state index in [1.54, 1.807) is 13.2 Å². The van der Waals surface area contributed by atoms with Crippen molar-refractivity contribution in [2.45, 2.75) is 33.4 Å². The van der Waals surface area contributed by atoms with Crippen LogP contribution >= 0.6 is 0 Å². The number of ether oxygens (including phenoxy) is 1. The van der Waals surface area contributed by atoms with Gasteiger partial charge in [-0.1, -0.05) is 31.2 Å². The van der Waals surface area contributed by atoms with Gasteiger partial charge in [0.05, 0.1) is 12.1 Å². The molecule has 6 nitrogen and oxygen atoms in total. The maximum absolute atomic E-state index is 13.5. The van der Waals surface area contributed by atoms with E-state index in [2.05, 4.69) is 27.6 Å². The molecule has 4 rings (SSSR count). The predicted molar refractivity (Wildman–Crippen MR) is 115 cm³/mol. The maximum Gasteiger partial charge on any atom is 0.256 e. The minimum atomic E-state index is -0.257. The molecule has 30 heavy (non-hydrogen) atoms. The Balaban J connectivity index is 1.72. The molecule has 0 amide bonds. The molecule has 0 aliphatic heterocycles. The summed E-state index contributed by atoms with van der Waals surface area (Å²) in [5.74, 6) is 0.893. The zero-order valence-electron chi connectivity index (χ0n) is 17.3. The fourth-order valence-electron chi connectivity index (χ4n) is 3.62. The van der Waals surface area contributed by atoms with E-state index >= 15 is 0 Å². The van der Waals surface area contributed by atoms with Crippen LogP contribution in [0.4, 0.5) is 10.2 Å². The van der Waals surface area contributed by atoms with E-state index in [0.717, 1.165) is 33.4 Å². The Morgan fingerprint density at radius 3 is 2.70 bits per heavy atom. The number of halogens is 1. The van der Waals surface area contributed by atoms with E-state index in [1.807, 2.05) is 36.6 Å². The van der Waals surface area contributed by atoms with Gasteiger partial charge in [0.15, 0.2) is 5.82 Å². The predicted octanol–water partition coefficient (Wildman–Crippen LogP) is 4.58.